The minimum Gasteiger partial charge on any atom is -0.508 e. The number of hydrogen-bond donors (Lipinski definition) is 4. The Kier molecular flexibility index (Phi) is 6.69. The van der Waals surface area contributed by atoms with E-state index in [1.54, 1.807) is 24.3 Å². The van der Waals surface area contributed by atoms with E-state index in [1.807, 2.05) is 42.5 Å². The molecule has 0 aliphatic carbocycles. The van der Waals surface area contributed by atoms with E-state index in [0.717, 1.165) is 33.4 Å². The van der Waals surface area contributed by atoms with Gasteiger partial charge in [-0.3, -0.25) is 0 Å². The van der Waals surface area contributed by atoms with Gasteiger partial charge in [0, 0.05) is 0 Å². The fraction of sp³-hybridized carbons (Fsp3) is 0. The van der Waals surface area contributed by atoms with E-state index in [-0.39, 0.29) is 11.5 Å². The standard InChI is InChI=1S/C24H18O2.H2S2/c25-20-13-9-18(10-14-20)23-8-4-7-22(17-5-2-1-3-6-17)24(23)19-11-15-21(26)16-12-19;1-2/h1-16,25-26H;1-2H. The van der Waals surface area contributed by atoms with Crippen molar-refractivity contribution < 1.29 is 10.2 Å². The summed E-state index contributed by atoms with van der Waals surface area (Å²) in [6.45, 7) is 0. The van der Waals surface area contributed by atoms with Crippen LogP contribution in [0.15, 0.2) is 97.1 Å². The molecule has 28 heavy (non-hydrogen) atoms. The molecule has 0 aliphatic heterocycles. The van der Waals surface area contributed by atoms with Crippen molar-refractivity contribution in [2.75, 3.05) is 0 Å². The van der Waals surface area contributed by atoms with Crippen LogP contribution in [0.2, 0.25) is 0 Å². The van der Waals surface area contributed by atoms with Crippen LogP contribution in [0.4, 0.5) is 0 Å². The number of benzene rings is 4. The highest BCUT2D eigenvalue weighted by atomic mass is 33.1. The minimum atomic E-state index is 0.247. The molecule has 2 nitrogen and oxygen atoms in total. The predicted octanol–water partition coefficient (Wildman–Crippen LogP) is 6.86. The highest BCUT2D eigenvalue weighted by molar-refractivity contribution is 8.59. The summed E-state index contributed by atoms with van der Waals surface area (Å²) < 4.78 is 0. The molecule has 0 amide bonds. The van der Waals surface area contributed by atoms with Crippen LogP contribution in [0.25, 0.3) is 33.4 Å². The van der Waals surface area contributed by atoms with Crippen molar-refractivity contribution in [2.24, 2.45) is 0 Å². The van der Waals surface area contributed by atoms with Crippen LogP contribution in [0.1, 0.15) is 0 Å². The van der Waals surface area contributed by atoms with Gasteiger partial charge in [-0.1, -0.05) is 72.8 Å². The molecule has 140 valence electrons. The van der Waals surface area contributed by atoms with Crippen LogP contribution >= 0.6 is 23.3 Å². The Morgan fingerprint density at radius 1 is 0.429 bits per heavy atom. The van der Waals surface area contributed by atoms with Gasteiger partial charge in [0.25, 0.3) is 0 Å². The Morgan fingerprint density at radius 3 is 1.36 bits per heavy atom. The first-order valence-corrected chi connectivity index (χ1v) is 10.3. The van der Waals surface area contributed by atoms with E-state index in [2.05, 4.69) is 53.7 Å². The maximum absolute atomic E-state index is 9.68. The molecular weight excluding hydrogens is 384 g/mol. The number of thiol groups is 2. The Morgan fingerprint density at radius 2 is 0.857 bits per heavy atom. The van der Waals surface area contributed by atoms with Crippen molar-refractivity contribution in [1.82, 2.24) is 0 Å². The summed E-state index contributed by atoms with van der Waals surface area (Å²) in [4.78, 5) is 0. The summed E-state index contributed by atoms with van der Waals surface area (Å²) in [5, 5.41) is 19.3. The summed E-state index contributed by atoms with van der Waals surface area (Å²) in [6, 6.07) is 31.0. The third-order valence-electron chi connectivity index (χ3n) is 4.48. The molecule has 0 spiro atoms. The maximum atomic E-state index is 9.68. The average Bonchev–Trinajstić information content (AvgIpc) is 2.76. The maximum Gasteiger partial charge on any atom is 0.115 e. The molecule has 0 fully saturated rings. The van der Waals surface area contributed by atoms with Gasteiger partial charge in [-0.15, -0.1) is 23.3 Å². The summed E-state index contributed by atoms with van der Waals surface area (Å²) >= 11 is 6.44. The average molecular weight is 405 g/mol. The quantitative estimate of drug-likeness (QED) is 0.222. The Labute approximate surface area is 175 Å². The molecule has 4 rings (SSSR count). The van der Waals surface area contributed by atoms with Gasteiger partial charge in [0.1, 0.15) is 11.5 Å². The summed E-state index contributed by atoms with van der Waals surface area (Å²) in [6.07, 6.45) is 0. The largest absolute Gasteiger partial charge is 0.508 e. The summed E-state index contributed by atoms with van der Waals surface area (Å²) in [5.74, 6) is 0.497. The molecule has 0 bridgehead atoms. The van der Waals surface area contributed by atoms with Gasteiger partial charge in [-0.05, 0) is 57.6 Å². The number of phenolic OH excluding ortho intramolecular Hbond substituents is 2. The molecule has 0 aromatic heterocycles. The van der Waals surface area contributed by atoms with Crippen LogP contribution in [-0.4, -0.2) is 10.2 Å². The second-order valence-electron chi connectivity index (χ2n) is 6.19. The molecule has 0 saturated carbocycles. The molecule has 0 radical (unpaired) electrons. The van der Waals surface area contributed by atoms with Crippen molar-refractivity contribution in [3.8, 4) is 44.9 Å². The molecule has 0 unspecified atom stereocenters. The highest BCUT2D eigenvalue weighted by Gasteiger charge is 2.14. The van der Waals surface area contributed by atoms with E-state index < -0.39 is 0 Å². The molecular formula is C24H20O2S2. The highest BCUT2D eigenvalue weighted by Crippen LogP contribution is 2.40. The van der Waals surface area contributed by atoms with Crippen molar-refractivity contribution >= 4 is 23.3 Å². The first-order valence-electron chi connectivity index (χ1n) is 8.69. The zero-order valence-electron chi connectivity index (χ0n) is 15.0. The van der Waals surface area contributed by atoms with Gasteiger partial charge >= 0.3 is 0 Å². The molecule has 0 saturated heterocycles. The van der Waals surface area contributed by atoms with E-state index in [4.69, 9.17) is 0 Å². The molecule has 0 aliphatic rings. The predicted molar refractivity (Wildman–Crippen MR) is 124 cm³/mol. The Hall–Kier alpha value is -2.82. The van der Waals surface area contributed by atoms with Gasteiger partial charge in [-0.2, -0.15) is 0 Å². The molecule has 0 heterocycles. The fourth-order valence-electron chi connectivity index (χ4n) is 3.23. The zero-order chi connectivity index (χ0) is 19.9. The van der Waals surface area contributed by atoms with Crippen LogP contribution in [0, 0.1) is 0 Å². The molecule has 4 aromatic rings. The Bertz CT molecular complexity index is 1030. The lowest BCUT2D eigenvalue weighted by Crippen LogP contribution is -1.90. The summed E-state index contributed by atoms with van der Waals surface area (Å²) in [5.41, 5.74) is 6.51. The van der Waals surface area contributed by atoms with Crippen LogP contribution in [0.3, 0.4) is 0 Å². The number of hydrogen-bond acceptors (Lipinski definition) is 4. The first-order chi connectivity index (χ1) is 13.7. The third-order valence-corrected chi connectivity index (χ3v) is 4.48. The third kappa shape index (κ3) is 4.35. The van der Waals surface area contributed by atoms with Crippen LogP contribution < -0.4 is 0 Å². The molecule has 2 N–H and O–H groups in total. The van der Waals surface area contributed by atoms with Gasteiger partial charge in [-0.25, -0.2) is 0 Å². The monoisotopic (exact) mass is 404 g/mol. The normalized spacial score (nSPS) is 10.1. The van der Waals surface area contributed by atoms with Gasteiger partial charge in [0.2, 0.25) is 0 Å². The van der Waals surface area contributed by atoms with E-state index in [0.29, 0.717) is 0 Å². The van der Waals surface area contributed by atoms with E-state index >= 15 is 0 Å². The van der Waals surface area contributed by atoms with Crippen molar-refractivity contribution in [1.29, 1.82) is 0 Å². The Balaban J connectivity index is 0.00000109. The second-order valence-corrected chi connectivity index (χ2v) is 6.19. The number of aromatic hydroxyl groups is 2. The first kappa shape index (κ1) is 19.9. The smallest absolute Gasteiger partial charge is 0.115 e. The van der Waals surface area contributed by atoms with Crippen molar-refractivity contribution in [3.05, 3.63) is 97.1 Å². The second kappa shape index (κ2) is 9.40. The lowest BCUT2D eigenvalue weighted by Gasteiger charge is -2.16. The zero-order valence-corrected chi connectivity index (χ0v) is 16.8. The lowest BCUT2D eigenvalue weighted by molar-refractivity contribution is 0.475. The van der Waals surface area contributed by atoms with Crippen molar-refractivity contribution in [2.45, 2.75) is 0 Å². The van der Waals surface area contributed by atoms with Gasteiger partial charge < -0.3 is 10.2 Å². The lowest BCUT2D eigenvalue weighted by atomic mass is 9.87. The van der Waals surface area contributed by atoms with Gasteiger partial charge in [0.15, 0.2) is 0 Å². The molecule has 0 atom stereocenters. The van der Waals surface area contributed by atoms with Crippen molar-refractivity contribution in [3.63, 3.8) is 0 Å². The minimum absolute atomic E-state index is 0.247. The van der Waals surface area contributed by atoms with Gasteiger partial charge in [0.05, 0.1) is 0 Å². The van der Waals surface area contributed by atoms with E-state index in [9.17, 15) is 10.2 Å². The van der Waals surface area contributed by atoms with Crippen LogP contribution in [0.5, 0.6) is 11.5 Å². The summed E-state index contributed by atoms with van der Waals surface area (Å²) in [7, 11) is 0. The SMILES string of the molecule is Oc1ccc(-c2cccc(-c3ccccc3)c2-c2ccc(O)cc2)cc1.SS. The topological polar surface area (TPSA) is 40.5 Å². The number of rotatable bonds is 3. The fourth-order valence-corrected chi connectivity index (χ4v) is 3.23. The molecule has 4 heteroatoms. The number of phenols is 2. The molecule has 4 aromatic carbocycles. The van der Waals surface area contributed by atoms with E-state index in [1.165, 1.54) is 0 Å². The van der Waals surface area contributed by atoms with Crippen LogP contribution in [-0.2, 0) is 0 Å².